The lowest BCUT2D eigenvalue weighted by atomic mass is 10.0. The van der Waals surface area contributed by atoms with E-state index in [-0.39, 0.29) is 5.91 Å². The number of carbonyl (C=O) groups excluding carboxylic acids is 1. The summed E-state index contributed by atoms with van der Waals surface area (Å²) in [6, 6.07) is 25.3. The molecule has 0 aliphatic carbocycles. The van der Waals surface area contributed by atoms with Gasteiger partial charge in [-0.1, -0.05) is 42.5 Å². The number of hydrogen-bond donors (Lipinski definition) is 0. The Kier molecular flexibility index (Phi) is 4.63. The Morgan fingerprint density at radius 3 is 2.29 bits per heavy atom. The van der Waals surface area contributed by atoms with E-state index in [4.69, 9.17) is 12.2 Å². The molecule has 1 saturated heterocycles. The van der Waals surface area contributed by atoms with Gasteiger partial charge in [0.25, 0.3) is 5.91 Å². The van der Waals surface area contributed by atoms with Crippen LogP contribution in [0.25, 0.3) is 33.1 Å². The number of nitrogens with zero attached hydrogens (tertiary/aromatic N) is 3. The van der Waals surface area contributed by atoms with Crippen LogP contribution in [0.5, 0.6) is 0 Å². The number of thiocarbonyl (C=S) groups is 1. The van der Waals surface area contributed by atoms with Gasteiger partial charge in [-0.15, -0.1) is 0 Å². The molecular weight excluding hydrogens is 402 g/mol. The van der Waals surface area contributed by atoms with Crippen molar-refractivity contribution in [3.8, 4) is 5.69 Å². The van der Waals surface area contributed by atoms with Gasteiger partial charge in [-0.25, -0.2) is 0 Å². The Morgan fingerprint density at radius 1 is 0.903 bits per heavy atom. The lowest BCUT2D eigenvalue weighted by Crippen LogP contribution is -2.30. The van der Waals surface area contributed by atoms with Gasteiger partial charge >= 0.3 is 0 Å². The molecular formula is C26H23N3OS. The second kappa shape index (κ2) is 7.36. The SMILES string of the molecule is CCN1C(=O)C(=C(C)c2ccc3c(c2)c2ccccc2n3-c2ccccc2)N(C)C1=S. The number of hydrogen-bond acceptors (Lipinski definition) is 2. The summed E-state index contributed by atoms with van der Waals surface area (Å²) >= 11 is 5.48. The zero-order valence-electron chi connectivity index (χ0n) is 17.8. The molecule has 0 N–H and O–H groups in total. The van der Waals surface area contributed by atoms with Gasteiger partial charge in [0.15, 0.2) is 5.11 Å². The number of para-hydroxylation sites is 2. The summed E-state index contributed by atoms with van der Waals surface area (Å²) in [5.41, 5.74) is 6.05. The Hall–Kier alpha value is -3.44. The smallest absolute Gasteiger partial charge is 0.277 e. The zero-order valence-corrected chi connectivity index (χ0v) is 18.6. The number of fused-ring (bicyclic) bond motifs is 3. The largest absolute Gasteiger partial charge is 0.317 e. The molecule has 5 rings (SSSR count). The van der Waals surface area contributed by atoms with Crippen LogP contribution in [0.3, 0.4) is 0 Å². The van der Waals surface area contributed by atoms with E-state index in [0.29, 0.717) is 17.4 Å². The molecule has 1 amide bonds. The third-order valence-corrected chi connectivity index (χ3v) is 6.59. The zero-order chi connectivity index (χ0) is 21.7. The Balaban J connectivity index is 1.75. The third kappa shape index (κ3) is 2.88. The predicted molar refractivity (Wildman–Crippen MR) is 131 cm³/mol. The van der Waals surface area contributed by atoms with E-state index >= 15 is 0 Å². The van der Waals surface area contributed by atoms with Gasteiger partial charge in [-0.3, -0.25) is 9.69 Å². The Labute approximate surface area is 187 Å². The highest BCUT2D eigenvalue weighted by Gasteiger charge is 2.36. The van der Waals surface area contributed by atoms with Gasteiger partial charge in [-0.05, 0) is 67.5 Å². The van der Waals surface area contributed by atoms with E-state index in [2.05, 4.69) is 71.3 Å². The molecule has 1 aliphatic rings. The number of allylic oxidation sites excluding steroid dienone is 1. The van der Waals surface area contributed by atoms with Crippen LogP contribution in [0.2, 0.25) is 0 Å². The van der Waals surface area contributed by atoms with Gasteiger partial charge in [0, 0.05) is 30.1 Å². The van der Waals surface area contributed by atoms with Crippen LogP contribution >= 0.6 is 12.2 Å². The molecule has 0 spiro atoms. The van der Waals surface area contributed by atoms with Gasteiger partial charge < -0.3 is 9.47 Å². The molecule has 0 atom stereocenters. The fraction of sp³-hybridized carbons (Fsp3) is 0.154. The highest BCUT2D eigenvalue weighted by atomic mass is 32.1. The van der Waals surface area contributed by atoms with Gasteiger partial charge in [0.1, 0.15) is 5.70 Å². The van der Waals surface area contributed by atoms with E-state index in [1.54, 1.807) is 4.90 Å². The fourth-order valence-electron chi connectivity index (χ4n) is 4.52. The molecule has 0 radical (unpaired) electrons. The maximum atomic E-state index is 13.0. The van der Waals surface area contributed by atoms with Crippen LogP contribution in [0, 0.1) is 0 Å². The van der Waals surface area contributed by atoms with Crippen LogP contribution < -0.4 is 0 Å². The minimum Gasteiger partial charge on any atom is -0.317 e. The normalized spacial score (nSPS) is 16.1. The first-order valence-electron chi connectivity index (χ1n) is 10.4. The second-order valence-corrected chi connectivity index (χ2v) is 8.15. The average molecular weight is 426 g/mol. The molecule has 0 bridgehead atoms. The predicted octanol–water partition coefficient (Wildman–Crippen LogP) is 5.59. The first-order valence-corrected chi connectivity index (χ1v) is 10.8. The third-order valence-electron chi connectivity index (χ3n) is 6.09. The van der Waals surface area contributed by atoms with Gasteiger partial charge in [0.2, 0.25) is 0 Å². The van der Waals surface area contributed by atoms with Crippen LogP contribution in [0.15, 0.2) is 78.5 Å². The number of aromatic nitrogens is 1. The molecule has 3 aromatic carbocycles. The first kappa shape index (κ1) is 19.5. The maximum Gasteiger partial charge on any atom is 0.277 e. The van der Waals surface area contributed by atoms with Crippen LogP contribution in [0.4, 0.5) is 0 Å². The van der Waals surface area contributed by atoms with Crippen molar-refractivity contribution in [3.63, 3.8) is 0 Å². The summed E-state index contributed by atoms with van der Waals surface area (Å²) in [7, 11) is 1.87. The van der Waals surface area contributed by atoms with Crippen molar-refractivity contribution in [2.24, 2.45) is 0 Å². The van der Waals surface area contributed by atoms with E-state index in [0.717, 1.165) is 22.3 Å². The van der Waals surface area contributed by atoms with Crippen molar-refractivity contribution >= 4 is 50.6 Å². The second-order valence-electron chi connectivity index (χ2n) is 7.78. The summed E-state index contributed by atoms with van der Waals surface area (Å²) in [5, 5.41) is 2.92. The summed E-state index contributed by atoms with van der Waals surface area (Å²) in [6.45, 7) is 4.52. The number of amides is 1. The highest BCUT2D eigenvalue weighted by molar-refractivity contribution is 7.80. The van der Waals surface area contributed by atoms with Crippen molar-refractivity contribution in [1.82, 2.24) is 14.4 Å². The Morgan fingerprint density at radius 2 is 1.58 bits per heavy atom. The molecule has 4 nitrogen and oxygen atoms in total. The van der Waals surface area contributed by atoms with Crippen molar-refractivity contribution in [2.75, 3.05) is 13.6 Å². The van der Waals surface area contributed by atoms with Crippen LogP contribution in [-0.4, -0.2) is 39.0 Å². The lowest BCUT2D eigenvalue weighted by molar-refractivity contribution is -0.122. The number of rotatable bonds is 3. The molecule has 0 unspecified atom stereocenters. The standard InChI is InChI=1S/C26H23N3OS/c1-4-28-25(30)24(27(3)26(28)31)17(2)18-14-15-23-21(16-18)20-12-8-9-13-22(20)29(23)19-10-6-5-7-11-19/h5-16H,4H2,1-3H3. The van der Waals surface area contributed by atoms with E-state index in [1.807, 2.05) is 31.9 Å². The molecule has 1 aromatic heterocycles. The molecule has 0 saturated carbocycles. The highest BCUT2D eigenvalue weighted by Crippen LogP contribution is 2.35. The summed E-state index contributed by atoms with van der Waals surface area (Å²) < 4.78 is 2.29. The minimum absolute atomic E-state index is 0.0284. The van der Waals surface area contributed by atoms with E-state index in [9.17, 15) is 4.79 Å². The monoisotopic (exact) mass is 425 g/mol. The van der Waals surface area contributed by atoms with Gasteiger partial charge in [0.05, 0.1) is 11.0 Å². The fourth-order valence-corrected chi connectivity index (χ4v) is 4.83. The first-order chi connectivity index (χ1) is 15.0. The molecule has 2 heterocycles. The molecule has 31 heavy (non-hydrogen) atoms. The molecule has 1 aliphatic heterocycles. The van der Waals surface area contributed by atoms with E-state index in [1.165, 1.54) is 16.3 Å². The van der Waals surface area contributed by atoms with Crippen molar-refractivity contribution < 1.29 is 4.79 Å². The molecule has 5 heteroatoms. The molecule has 1 fully saturated rings. The lowest BCUT2D eigenvalue weighted by Gasteiger charge is -2.15. The number of benzene rings is 3. The van der Waals surface area contributed by atoms with E-state index < -0.39 is 0 Å². The summed E-state index contributed by atoms with van der Waals surface area (Å²) in [6.07, 6.45) is 0. The van der Waals surface area contributed by atoms with Crippen LogP contribution in [0.1, 0.15) is 19.4 Å². The summed E-state index contributed by atoms with van der Waals surface area (Å²) in [4.78, 5) is 16.4. The quantitative estimate of drug-likeness (QED) is 0.316. The molecule has 4 aromatic rings. The maximum absolute atomic E-state index is 13.0. The summed E-state index contributed by atoms with van der Waals surface area (Å²) in [5.74, 6) is -0.0284. The average Bonchev–Trinajstić information content (AvgIpc) is 3.24. The van der Waals surface area contributed by atoms with Gasteiger partial charge in [-0.2, -0.15) is 0 Å². The van der Waals surface area contributed by atoms with Crippen molar-refractivity contribution in [1.29, 1.82) is 0 Å². The van der Waals surface area contributed by atoms with Crippen molar-refractivity contribution in [2.45, 2.75) is 13.8 Å². The molecule has 154 valence electrons. The van der Waals surface area contributed by atoms with Crippen molar-refractivity contribution in [3.05, 3.63) is 84.1 Å². The minimum atomic E-state index is -0.0284. The Bertz CT molecular complexity index is 1380. The number of likely N-dealkylation sites (N-methyl/N-ethyl adjacent to an activating group) is 2. The number of carbonyl (C=O) groups is 1. The topological polar surface area (TPSA) is 28.5 Å². The van der Waals surface area contributed by atoms with Crippen LogP contribution in [-0.2, 0) is 4.79 Å².